The first-order valence-corrected chi connectivity index (χ1v) is 6.19. The van der Waals surface area contributed by atoms with E-state index in [0.29, 0.717) is 17.9 Å². The fourth-order valence-corrected chi connectivity index (χ4v) is 1.69. The third kappa shape index (κ3) is 5.89. The summed E-state index contributed by atoms with van der Waals surface area (Å²) in [6.07, 6.45) is 1.35. The molecule has 0 aliphatic carbocycles. The summed E-state index contributed by atoms with van der Waals surface area (Å²) in [5.74, 6) is -0.252. The number of amides is 2. The second kappa shape index (κ2) is 7.40. The SMILES string of the molecule is CCCC(CC(=O)O)NC(=O)NCc1cc(C)on1. The molecule has 0 aliphatic rings. The summed E-state index contributed by atoms with van der Waals surface area (Å²) in [7, 11) is 0. The monoisotopic (exact) mass is 269 g/mol. The van der Waals surface area contributed by atoms with Gasteiger partial charge in [-0.3, -0.25) is 4.79 Å². The number of hydrogen-bond acceptors (Lipinski definition) is 4. The van der Waals surface area contributed by atoms with Gasteiger partial charge in [0.25, 0.3) is 0 Å². The highest BCUT2D eigenvalue weighted by molar-refractivity contribution is 5.75. The van der Waals surface area contributed by atoms with Gasteiger partial charge in [0.2, 0.25) is 0 Å². The Kier molecular flexibility index (Phi) is 5.84. The number of aryl methyl sites for hydroxylation is 1. The van der Waals surface area contributed by atoms with Crippen molar-refractivity contribution in [1.82, 2.24) is 15.8 Å². The molecule has 0 bridgehead atoms. The lowest BCUT2D eigenvalue weighted by Crippen LogP contribution is -2.42. The molecule has 0 aromatic carbocycles. The summed E-state index contributed by atoms with van der Waals surface area (Å²) in [5, 5.41) is 17.7. The highest BCUT2D eigenvalue weighted by atomic mass is 16.5. The van der Waals surface area contributed by atoms with Gasteiger partial charge in [0, 0.05) is 12.1 Å². The highest BCUT2D eigenvalue weighted by Gasteiger charge is 2.15. The molecule has 0 saturated heterocycles. The minimum atomic E-state index is -0.925. The minimum absolute atomic E-state index is 0.0790. The number of carbonyl (C=O) groups is 2. The standard InChI is InChI=1S/C12H19N3O4/c1-3-4-9(6-11(16)17)14-12(18)13-7-10-5-8(2)19-15-10/h5,9H,3-4,6-7H2,1-2H3,(H,16,17)(H2,13,14,18). The second-order valence-electron chi connectivity index (χ2n) is 4.34. The largest absolute Gasteiger partial charge is 0.481 e. The molecule has 3 N–H and O–H groups in total. The third-order valence-electron chi connectivity index (χ3n) is 2.50. The van der Waals surface area contributed by atoms with Crippen LogP contribution in [0.3, 0.4) is 0 Å². The Balaban J connectivity index is 2.37. The van der Waals surface area contributed by atoms with Crippen molar-refractivity contribution in [1.29, 1.82) is 0 Å². The number of carboxylic acid groups (broad SMARTS) is 1. The van der Waals surface area contributed by atoms with Crippen LogP contribution in [0, 0.1) is 6.92 Å². The molecule has 0 radical (unpaired) electrons. The van der Waals surface area contributed by atoms with E-state index in [-0.39, 0.29) is 19.0 Å². The van der Waals surface area contributed by atoms with Crippen LogP contribution < -0.4 is 10.6 Å². The number of hydrogen-bond donors (Lipinski definition) is 3. The Morgan fingerprint density at radius 2 is 2.26 bits per heavy atom. The molecule has 1 aromatic rings. The van der Waals surface area contributed by atoms with Crippen molar-refractivity contribution in [2.75, 3.05) is 0 Å². The van der Waals surface area contributed by atoms with E-state index in [2.05, 4.69) is 15.8 Å². The molecule has 0 aliphatic heterocycles. The average Bonchev–Trinajstić information content (AvgIpc) is 2.72. The summed E-state index contributed by atoms with van der Waals surface area (Å²) < 4.78 is 4.87. The number of aliphatic carboxylic acids is 1. The Morgan fingerprint density at radius 1 is 1.53 bits per heavy atom. The van der Waals surface area contributed by atoms with Crippen LogP contribution in [0.2, 0.25) is 0 Å². The number of carboxylic acids is 1. The van der Waals surface area contributed by atoms with Gasteiger partial charge in [-0.2, -0.15) is 0 Å². The average molecular weight is 269 g/mol. The van der Waals surface area contributed by atoms with Crippen LogP contribution in [0.5, 0.6) is 0 Å². The Labute approximate surface area is 111 Å². The maximum absolute atomic E-state index is 11.6. The van der Waals surface area contributed by atoms with Gasteiger partial charge in [-0.1, -0.05) is 18.5 Å². The molecule has 0 saturated carbocycles. The van der Waals surface area contributed by atoms with E-state index in [1.165, 1.54) is 0 Å². The van der Waals surface area contributed by atoms with Crippen molar-refractivity contribution in [2.45, 2.75) is 45.7 Å². The van der Waals surface area contributed by atoms with E-state index >= 15 is 0 Å². The Morgan fingerprint density at radius 3 is 2.79 bits per heavy atom. The number of nitrogens with zero attached hydrogens (tertiary/aromatic N) is 1. The molecule has 2 amide bonds. The number of aromatic nitrogens is 1. The molecule has 1 aromatic heterocycles. The van der Waals surface area contributed by atoms with Crippen LogP contribution in [-0.2, 0) is 11.3 Å². The van der Waals surface area contributed by atoms with Crippen molar-refractivity contribution in [3.63, 3.8) is 0 Å². The van der Waals surface area contributed by atoms with Gasteiger partial charge in [0.15, 0.2) is 0 Å². The highest BCUT2D eigenvalue weighted by Crippen LogP contribution is 2.03. The first kappa shape index (κ1) is 15.0. The predicted molar refractivity (Wildman–Crippen MR) is 67.6 cm³/mol. The quantitative estimate of drug-likeness (QED) is 0.694. The lowest BCUT2D eigenvalue weighted by atomic mass is 10.1. The predicted octanol–water partition coefficient (Wildman–Crippen LogP) is 1.43. The first-order valence-electron chi connectivity index (χ1n) is 6.19. The van der Waals surface area contributed by atoms with Crippen molar-refractivity contribution in [3.8, 4) is 0 Å². The summed E-state index contributed by atoms with van der Waals surface area (Å²) in [4.78, 5) is 22.3. The van der Waals surface area contributed by atoms with Crippen LogP contribution in [0.1, 0.15) is 37.6 Å². The zero-order valence-electron chi connectivity index (χ0n) is 11.1. The molecule has 106 valence electrons. The molecule has 0 fully saturated rings. The van der Waals surface area contributed by atoms with Gasteiger partial charge in [0.05, 0.1) is 13.0 Å². The normalized spacial score (nSPS) is 11.9. The first-order chi connectivity index (χ1) is 9.01. The van der Waals surface area contributed by atoms with Gasteiger partial charge < -0.3 is 20.3 Å². The molecular formula is C12H19N3O4. The number of urea groups is 1. The van der Waals surface area contributed by atoms with Crippen molar-refractivity contribution < 1.29 is 19.2 Å². The van der Waals surface area contributed by atoms with Gasteiger partial charge >= 0.3 is 12.0 Å². The molecule has 7 nitrogen and oxygen atoms in total. The van der Waals surface area contributed by atoms with E-state index in [0.717, 1.165) is 6.42 Å². The molecule has 1 heterocycles. The smallest absolute Gasteiger partial charge is 0.315 e. The van der Waals surface area contributed by atoms with Gasteiger partial charge in [-0.25, -0.2) is 4.79 Å². The maximum atomic E-state index is 11.6. The summed E-state index contributed by atoms with van der Waals surface area (Å²) in [6, 6.07) is 0.961. The summed E-state index contributed by atoms with van der Waals surface area (Å²) >= 11 is 0. The lowest BCUT2D eigenvalue weighted by Gasteiger charge is -2.16. The molecular weight excluding hydrogens is 250 g/mol. The molecule has 19 heavy (non-hydrogen) atoms. The second-order valence-corrected chi connectivity index (χ2v) is 4.34. The van der Waals surface area contributed by atoms with Crippen LogP contribution in [0.25, 0.3) is 0 Å². The number of carbonyl (C=O) groups excluding carboxylic acids is 1. The van der Waals surface area contributed by atoms with Crippen molar-refractivity contribution >= 4 is 12.0 Å². The zero-order valence-corrected chi connectivity index (χ0v) is 11.1. The maximum Gasteiger partial charge on any atom is 0.315 e. The van der Waals surface area contributed by atoms with Gasteiger partial charge in [-0.15, -0.1) is 0 Å². The Hall–Kier alpha value is -2.05. The summed E-state index contributed by atoms with van der Waals surface area (Å²) in [5.41, 5.74) is 0.623. The van der Waals surface area contributed by atoms with Gasteiger partial charge in [-0.05, 0) is 13.3 Å². The molecule has 7 heteroatoms. The van der Waals surface area contributed by atoms with Gasteiger partial charge in [0.1, 0.15) is 11.5 Å². The van der Waals surface area contributed by atoms with Crippen LogP contribution in [0.15, 0.2) is 10.6 Å². The molecule has 1 unspecified atom stereocenters. The number of nitrogens with one attached hydrogen (secondary N) is 2. The Bertz CT molecular complexity index is 430. The molecule has 1 atom stereocenters. The van der Waals surface area contributed by atoms with Crippen LogP contribution in [0.4, 0.5) is 4.79 Å². The van der Waals surface area contributed by atoms with E-state index in [4.69, 9.17) is 9.63 Å². The fourth-order valence-electron chi connectivity index (χ4n) is 1.69. The van der Waals surface area contributed by atoms with Crippen molar-refractivity contribution in [3.05, 3.63) is 17.5 Å². The van der Waals surface area contributed by atoms with E-state index in [1.54, 1.807) is 13.0 Å². The van der Waals surface area contributed by atoms with Crippen LogP contribution >= 0.6 is 0 Å². The van der Waals surface area contributed by atoms with Crippen molar-refractivity contribution in [2.24, 2.45) is 0 Å². The van der Waals surface area contributed by atoms with E-state index in [9.17, 15) is 9.59 Å². The third-order valence-corrected chi connectivity index (χ3v) is 2.50. The van der Waals surface area contributed by atoms with E-state index in [1.807, 2.05) is 6.92 Å². The molecule has 1 rings (SSSR count). The summed E-state index contributed by atoms with van der Waals surface area (Å²) in [6.45, 7) is 3.95. The fraction of sp³-hybridized carbons (Fsp3) is 0.583. The van der Waals surface area contributed by atoms with Crippen LogP contribution in [-0.4, -0.2) is 28.3 Å². The minimum Gasteiger partial charge on any atom is -0.481 e. The molecule has 0 spiro atoms. The van der Waals surface area contributed by atoms with E-state index < -0.39 is 12.0 Å². The lowest BCUT2D eigenvalue weighted by molar-refractivity contribution is -0.137. The zero-order chi connectivity index (χ0) is 14.3. The number of rotatable bonds is 7. The topological polar surface area (TPSA) is 104 Å².